The summed E-state index contributed by atoms with van der Waals surface area (Å²) in [5.74, 6) is -0.567. The summed E-state index contributed by atoms with van der Waals surface area (Å²) in [4.78, 5) is 12.6. The number of hydrogen-bond donors (Lipinski definition) is 2. The average Bonchev–Trinajstić information content (AvgIpc) is 2.32. The van der Waals surface area contributed by atoms with Crippen molar-refractivity contribution in [3.05, 3.63) is 0 Å². The molecule has 70 valence electrons. The van der Waals surface area contributed by atoms with Crippen LogP contribution in [0.15, 0.2) is 0 Å². The number of likely N-dealkylation sites (tertiary alicyclic amines) is 1. The molecule has 2 unspecified atom stereocenters. The molecule has 0 bridgehead atoms. The predicted molar refractivity (Wildman–Crippen MR) is 43.9 cm³/mol. The maximum Gasteiger partial charge on any atom is 0.321 e. The van der Waals surface area contributed by atoms with Gasteiger partial charge in [-0.25, -0.2) is 0 Å². The van der Waals surface area contributed by atoms with E-state index in [-0.39, 0.29) is 12.5 Å². The Labute approximate surface area is 71.8 Å². The summed E-state index contributed by atoms with van der Waals surface area (Å²) in [6.45, 7) is 3.24. The third-order valence-electron chi connectivity index (χ3n) is 2.44. The molecule has 0 radical (unpaired) electrons. The molecule has 1 aliphatic heterocycles. The number of aliphatic hydroxyl groups is 1. The molecule has 0 aromatic heterocycles. The Kier molecular flexibility index (Phi) is 3.05. The van der Waals surface area contributed by atoms with E-state index in [1.807, 2.05) is 11.8 Å². The number of carboxylic acids is 1. The molecule has 0 amide bonds. The lowest BCUT2D eigenvalue weighted by Crippen LogP contribution is -2.40. The number of nitrogens with zero attached hydrogens (tertiary/aromatic N) is 1. The first-order valence-electron chi connectivity index (χ1n) is 4.24. The molecule has 0 aromatic rings. The fourth-order valence-corrected chi connectivity index (χ4v) is 1.81. The summed E-state index contributed by atoms with van der Waals surface area (Å²) >= 11 is 0. The zero-order valence-corrected chi connectivity index (χ0v) is 7.23. The molecule has 1 saturated heterocycles. The van der Waals surface area contributed by atoms with E-state index in [0.29, 0.717) is 6.54 Å². The van der Waals surface area contributed by atoms with Crippen molar-refractivity contribution in [1.29, 1.82) is 0 Å². The highest BCUT2D eigenvalue weighted by atomic mass is 16.4. The molecule has 0 aromatic carbocycles. The SMILES string of the molecule is CC1CCN(CCO)C1C(=O)O. The van der Waals surface area contributed by atoms with Crippen LogP contribution in [0.4, 0.5) is 0 Å². The number of aliphatic carboxylic acids is 1. The van der Waals surface area contributed by atoms with E-state index < -0.39 is 12.0 Å². The van der Waals surface area contributed by atoms with Crippen LogP contribution in [0.2, 0.25) is 0 Å². The molecular weight excluding hydrogens is 158 g/mol. The summed E-state index contributed by atoms with van der Waals surface area (Å²) in [6.07, 6.45) is 0.914. The maximum atomic E-state index is 10.8. The highest BCUT2D eigenvalue weighted by Crippen LogP contribution is 2.23. The van der Waals surface area contributed by atoms with E-state index in [0.717, 1.165) is 13.0 Å². The van der Waals surface area contributed by atoms with Gasteiger partial charge in [-0.05, 0) is 18.9 Å². The first kappa shape index (κ1) is 9.48. The fourth-order valence-electron chi connectivity index (χ4n) is 1.81. The Morgan fingerprint density at radius 1 is 1.67 bits per heavy atom. The summed E-state index contributed by atoms with van der Waals surface area (Å²) in [5.41, 5.74) is 0. The number of carboxylic acid groups (broad SMARTS) is 1. The molecule has 1 aliphatic rings. The third-order valence-corrected chi connectivity index (χ3v) is 2.44. The Bertz CT molecular complexity index is 170. The zero-order chi connectivity index (χ0) is 9.14. The maximum absolute atomic E-state index is 10.8. The normalized spacial score (nSPS) is 30.8. The lowest BCUT2D eigenvalue weighted by molar-refractivity contribution is -0.143. The second kappa shape index (κ2) is 3.87. The Morgan fingerprint density at radius 2 is 2.33 bits per heavy atom. The molecule has 0 saturated carbocycles. The van der Waals surface area contributed by atoms with Gasteiger partial charge in [0.05, 0.1) is 6.61 Å². The van der Waals surface area contributed by atoms with Gasteiger partial charge < -0.3 is 10.2 Å². The van der Waals surface area contributed by atoms with Crippen molar-refractivity contribution in [2.75, 3.05) is 19.7 Å². The minimum atomic E-state index is -0.770. The van der Waals surface area contributed by atoms with Crippen LogP contribution < -0.4 is 0 Å². The van der Waals surface area contributed by atoms with Gasteiger partial charge in [-0.2, -0.15) is 0 Å². The first-order chi connectivity index (χ1) is 5.66. The number of carbonyl (C=O) groups is 1. The van der Waals surface area contributed by atoms with Gasteiger partial charge in [-0.15, -0.1) is 0 Å². The summed E-state index contributed by atoms with van der Waals surface area (Å²) in [5, 5.41) is 17.5. The van der Waals surface area contributed by atoms with Gasteiger partial charge in [0.1, 0.15) is 6.04 Å². The summed E-state index contributed by atoms with van der Waals surface area (Å²) in [7, 11) is 0. The van der Waals surface area contributed by atoms with Gasteiger partial charge in [0, 0.05) is 6.54 Å². The van der Waals surface area contributed by atoms with E-state index in [1.54, 1.807) is 0 Å². The number of β-amino-alcohol motifs (C(OH)–C–C–N with tert-alkyl or cyclic N) is 1. The number of aliphatic hydroxyl groups excluding tert-OH is 1. The molecular formula is C8H15NO3. The lowest BCUT2D eigenvalue weighted by atomic mass is 10.0. The Balaban J connectivity index is 2.57. The molecule has 2 atom stereocenters. The second-order valence-corrected chi connectivity index (χ2v) is 3.31. The van der Waals surface area contributed by atoms with E-state index in [2.05, 4.69) is 0 Å². The lowest BCUT2D eigenvalue weighted by Gasteiger charge is -2.21. The Morgan fingerprint density at radius 3 is 2.83 bits per heavy atom. The Hall–Kier alpha value is -0.610. The van der Waals surface area contributed by atoms with Crippen LogP contribution in [0.3, 0.4) is 0 Å². The third kappa shape index (κ3) is 1.76. The molecule has 1 fully saturated rings. The highest BCUT2D eigenvalue weighted by molar-refractivity contribution is 5.74. The first-order valence-corrected chi connectivity index (χ1v) is 4.24. The molecule has 4 heteroatoms. The molecule has 0 spiro atoms. The van der Waals surface area contributed by atoms with Crippen LogP contribution >= 0.6 is 0 Å². The van der Waals surface area contributed by atoms with Crippen molar-refractivity contribution in [3.8, 4) is 0 Å². The van der Waals surface area contributed by atoms with Gasteiger partial charge in [-0.1, -0.05) is 6.92 Å². The summed E-state index contributed by atoms with van der Waals surface area (Å²) in [6, 6.07) is -0.392. The van der Waals surface area contributed by atoms with Crippen LogP contribution in [0.25, 0.3) is 0 Å². The second-order valence-electron chi connectivity index (χ2n) is 3.31. The van der Waals surface area contributed by atoms with Gasteiger partial charge in [0.2, 0.25) is 0 Å². The number of hydrogen-bond acceptors (Lipinski definition) is 3. The molecule has 1 rings (SSSR count). The van der Waals surface area contributed by atoms with Crippen molar-refractivity contribution in [2.24, 2.45) is 5.92 Å². The van der Waals surface area contributed by atoms with Crippen molar-refractivity contribution < 1.29 is 15.0 Å². The van der Waals surface area contributed by atoms with Gasteiger partial charge in [-0.3, -0.25) is 9.69 Å². The standard InChI is InChI=1S/C8H15NO3/c1-6-2-3-9(4-5-10)7(6)8(11)12/h6-7,10H,2-5H2,1H3,(H,11,12). The van der Waals surface area contributed by atoms with Crippen molar-refractivity contribution in [3.63, 3.8) is 0 Å². The number of rotatable bonds is 3. The fraction of sp³-hybridized carbons (Fsp3) is 0.875. The van der Waals surface area contributed by atoms with Crippen LogP contribution in [0, 0.1) is 5.92 Å². The average molecular weight is 173 g/mol. The van der Waals surface area contributed by atoms with Gasteiger partial charge in [0.15, 0.2) is 0 Å². The largest absolute Gasteiger partial charge is 0.480 e. The zero-order valence-electron chi connectivity index (χ0n) is 7.23. The quantitative estimate of drug-likeness (QED) is 0.619. The monoisotopic (exact) mass is 173 g/mol. The van der Waals surface area contributed by atoms with E-state index in [1.165, 1.54) is 0 Å². The van der Waals surface area contributed by atoms with Crippen LogP contribution in [0.5, 0.6) is 0 Å². The van der Waals surface area contributed by atoms with Crippen LogP contribution in [-0.2, 0) is 4.79 Å². The minimum Gasteiger partial charge on any atom is -0.480 e. The summed E-state index contributed by atoms with van der Waals surface area (Å²) < 4.78 is 0. The molecule has 12 heavy (non-hydrogen) atoms. The van der Waals surface area contributed by atoms with Gasteiger partial charge >= 0.3 is 5.97 Å². The molecule has 1 heterocycles. The molecule has 2 N–H and O–H groups in total. The van der Waals surface area contributed by atoms with Crippen molar-refractivity contribution >= 4 is 5.97 Å². The predicted octanol–water partition coefficient (Wildman–Crippen LogP) is -0.226. The highest BCUT2D eigenvalue weighted by Gasteiger charge is 2.35. The van der Waals surface area contributed by atoms with Crippen LogP contribution in [0.1, 0.15) is 13.3 Å². The van der Waals surface area contributed by atoms with Crippen LogP contribution in [-0.4, -0.2) is 46.8 Å². The molecule has 4 nitrogen and oxygen atoms in total. The van der Waals surface area contributed by atoms with E-state index >= 15 is 0 Å². The minimum absolute atomic E-state index is 0.0382. The van der Waals surface area contributed by atoms with E-state index in [4.69, 9.17) is 10.2 Å². The van der Waals surface area contributed by atoms with Gasteiger partial charge in [0.25, 0.3) is 0 Å². The van der Waals surface area contributed by atoms with E-state index in [9.17, 15) is 4.79 Å². The smallest absolute Gasteiger partial charge is 0.321 e. The van der Waals surface area contributed by atoms with Crippen molar-refractivity contribution in [1.82, 2.24) is 4.90 Å². The van der Waals surface area contributed by atoms with Crippen molar-refractivity contribution in [2.45, 2.75) is 19.4 Å². The molecule has 0 aliphatic carbocycles. The topological polar surface area (TPSA) is 60.8 Å².